The van der Waals surface area contributed by atoms with Crippen LogP contribution in [-0.2, 0) is 9.59 Å². The van der Waals surface area contributed by atoms with Crippen molar-refractivity contribution in [1.82, 2.24) is 10.2 Å². The molecule has 1 rings (SSSR count). The van der Waals surface area contributed by atoms with Crippen molar-refractivity contribution in [1.29, 1.82) is 0 Å². The van der Waals surface area contributed by atoms with Crippen LogP contribution < -0.4 is 5.32 Å². The monoisotopic (exact) mass is 256 g/mol. The Morgan fingerprint density at radius 3 is 2.78 bits per heavy atom. The van der Waals surface area contributed by atoms with Crippen LogP contribution in [0.2, 0.25) is 0 Å². The van der Waals surface area contributed by atoms with Gasteiger partial charge in [0.05, 0.1) is 6.10 Å². The smallest absolute Gasteiger partial charge is 0.222 e. The number of likely N-dealkylation sites (tertiary alicyclic amines) is 1. The highest BCUT2D eigenvalue weighted by molar-refractivity contribution is 5.76. The van der Waals surface area contributed by atoms with E-state index in [0.29, 0.717) is 19.5 Å². The summed E-state index contributed by atoms with van der Waals surface area (Å²) < 4.78 is 0. The lowest BCUT2D eigenvalue weighted by molar-refractivity contribution is -0.134. The number of aliphatic hydroxyl groups is 1. The van der Waals surface area contributed by atoms with E-state index in [-0.39, 0.29) is 17.9 Å². The zero-order valence-electron chi connectivity index (χ0n) is 11.2. The summed E-state index contributed by atoms with van der Waals surface area (Å²) in [7, 11) is 0. The Balaban J connectivity index is 2.04. The van der Waals surface area contributed by atoms with Crippen molar-refractivity contribution in [2.75, 3.05) is 19.6 Å². The molecule has 0 spiro atoms. The van der Waals surface area contributed by atoms with Gasteiger partial charge in [0.25, 0.3) is 0 Å². The molecule has 2 N–H and O–H groups in total. The largest absolute Gasteiger partial charge is 0.391 e. The maximum absolute atomic E-state index is 11.8. The number of amides is 2. The Morgan fingerprint density at radius 2 is 2.11 bits per heavy atom. The molecule has 0 radical (unpaired) electrons. The SMILES string of the molecule is CC(=O)NCCCCCC(=O)N1CCCC(O)C1. The average molecular weight is 256 g/mol. The highest BCUT2D eigenvalue weighted by Crippen LogP contribution is 2.12. The van der Waals surface area contributed by atoms with Gasteiger partial charge < -0.3 is 15.3 Å². The van der Waals surface area contributed by atoms with Gasteiger partial charge in [0, 0.05) is 33.0 Å². The first kappa shape index (κ1) is 15.0. The molecule has 0 bridgehead atoms. The molecule has 18 heavy (non-hydrogen) atoms. The Kier molecular flexibility index (Phi) is 6.72. The molecule has 104 valence electrons. The number of unbranched alkanes of at least 4 members (excludes halogenated alkanes) is 2. The summed E-state index contributed by atoms with van der Waals surface area (Å²) in [4.78, 5) is 24.2. The molecular weight excluding hydrogens is 232 g/mol. The zero-order chi connectivity index (χ0) is 13.4. The van der Waals surface area contributed by atoms with E-state index in [2.05, 4.69) is 5.32 Å². The second kappa shape index (κ2) is 8.08. The fraction of sp³-hybridized carbons (Fsp3) is 0.846. The summed E-state index contributed by atoms with van der Waals surface area (Å²) >= 11 is 0. The molecule has 1 unspecified atom stereocenters. The standard InChI is InChI=1S/C13H24N2O3/c1-11(16)14-8-4-2-3-7-13(18)15-9-5-6-12(17)10-15/h12,17H,2-10H2,1H3,(H,14,16). The summed E-state index contributed by atoms with van der Waals surface area (Å²) in [6, 6.07) is 0. The normalized spacial score (nSPS) is 19.7. The van der Waals surface area contributed by atoms with Crippen LogP contribution in [0.4, 0.5) is 0 Å². The van der Waals surface area contributed by atoms with Crippen molar-refractivity contribution in [2.24, 2.45) is 0 Å². The molecule has 5 nitrogen and oxygen atoms in total. The molecule has 5 heteroatoms. The molecule has 0 aromatic carbocycles. The van der Waals surface area contributed by atoms with E-state index in [4.69, 9.17) is 0 Å². The van der Waals surface area contributed by atoms with Crippen LogP contribution in [0.15, 0.2) is 0 Å². The lowest BCUT2D eigenvalue weighted by Crippen LogP contribution is -2.42. The fourth-order valence-electron chi connectivity index (χ4n) is 2.18. The van der Waals surface area contributed by atoms with Crippen molar-refractivity contribution in [2.45, 2.75) is 51.6 Å². The van der Waals surface area contributed by atoms with Crippen molar-refractivity contribution < 1.29 is 14.7 Å². The Hall–Kier alpha value is -1.10. The van der Waals surface area contributed by atoms with Crippen molar-refractivity contribution >= 4 is 11.8 Å². The lowest BCUT2D eigenvalue weighted by Gasteiger charge is -2.30. The molecule has 1 heterocycles. The molecule has 2 amide bonds. The molecule has 1 aliphatic heterocycles. The fourth-order valence-corrected chi connectivity index (χ4v) is 2.18. The number of nitrogens with zero attached hydrogens (tertiary/aromatic N) is 1. The van der Waals surface area contributed by atoms with Crippen molar-refractivity contribution in [3.63, 3.8) is 0 Å². The molecule has 1 saturated heterocycles. The van der Waals surface area contributed by atoms with E-state index in [1.807, 2.05) is 0 Å². The van der Waals surface area contributed by atoms with Crippen molar-refractivity contribution in [3.05, 3.63) is 0 Å². The number of carbonyl (C=O) groups is 2. The minimum Gasteiger partial charge on any atom is -0.391 e. The third-order valence-electron chi connectivity index (χ3n) is 3.19. The van der Waals surface area contributed by atoms with Gasteiger partial charge in [-0.2, -0.15) is 0 Å². The number of hydrogen-bond acceptors (Lipinski definition) is 3. The maximum Gasteiger partial charge on any atom is 0.222 e. The Bertz CT molecular complexity index is 281. The van der Waals surface area contributed by atoms with Crippen LogP contribution >= 0.6 is 0 Å². The summed E-state index contributed by atoms with van der Waals surface area (Å²) in [6.07, 6.45) is 4.62. The van der Waals surface area contributed by atoms with Gasteiger partial charge >= 0.3 is 0 Å². The minimum absolute atomic E-state index is 0.00613. The van der Waals surface area contributed by atoms with Gasteiger partial charge in [-0.15, -0.1) is 0 Å². The summed E-state index contributed by atoms with van der Waals surface area (Å²) in [5, 5.41) is 12.2. The van der Waals surface area contributed by atoms with Gasteiger partial charge in [0.15, 0.2) is 0 Å². The second-order valence-corrected chi connectivity index (χ2v) is 4.93. The molecule has 0 aliphatic carbocycles. The van der Waals surface area contributed by atoms with Gasteiger partial charge in [0.1, 0.15) is 0 Å². The number of rotatable bonds is 6. The van der Waals surface area contributed by atoms with Crippen LogP contribution in [0.3, 0.4) is 0 Å². The van der Waals surface area contributed by atoms with E-state index in [1.165, 1.54) is 6.92 Å². The van der Waals surface area contributed by atoms with Gasteiger partial charge in [-0.05, 0) is 25.7 Å². The molecule has 0 aromatic rings. The first-order valence-electron chi connectivity index (χ1n) is 6.80. The van der Waals surface area contributed by atoms with E-state index < -0.39 is 0 Å². The van der Waals surface area contributed by atoms with Crippen molar-refractivity contribution in [3.8, 4) is 0 Å². The van der Waals surface area contributed by atoms with E-state index in [0.717, 1.165) is 38.6 Å². The van der Waals surface area contributed by atoms with Crippen LogP contribution in [0.1, 0.15) is 45.4 Å². The van der Waals surface area contributed by atoms with Gasteiger partial charge in [-0.1, -0.05) is 6.42 Å². The topological polar surface area (TPSA) is 69.6 Å². The number of piperidine rings is 1. The maximum atomic E-state index is 11.8. The van der Waals surface area contributed by atoms with E-state index in [1.54, 1.807) is 4.90 Å². The van der Waals surface area contributed by atoms with Crippen LogP contribution in [0, 0.1) is 0 Å². The molecule has 1 aliphatic rings. The van der Waals surface area contributed by atoms with Crippen LogP contribution in [0.5, 0.6) is 0 Å². The minimum atomic E-state index is -0.345. The zero-order valence-corrected chi connectivity index (χ0v) is 11.2. The lowest BCUT2D eigenvalue weighted by atomic mass is 10.1. The molecule has 1 fully saturated rings. The quantitative estimate of drug-likeness (QED) is 0.686. The van der Waals surface area contributed by atoms with E-state index in [9.17, 15) is 14.7 Å². The molecule has 0 saturated carbocycles. The number of aliphatic hydroxyl groups excluding tert-OH is 1. The highest BCUT2D eigenvalue weighted by Gasteiger charge is 2.21. The molecule has 0 aromatic heterocycles. The van der Waals surface area contributed by atoms with Crippen LogP contribution in [-0.4, -0.2) is 47.6 Å². The highest BCUT2D eigenvalue weighted by atomic mass is 16.3. The van der Waals surface area contributed by atoms with Gasteiger partial charge in [0.2, 0.25) is 11.8 Å². The summed E-state index contributed by atoms with van der Waals surface area (Å²) in [5.74, 6) is 0.140. The van der Waals surface area contributed by atoms with Gasteiger partial charge in [-0.25, -0.2) is 0 Å². The van der Waals surface area contributed by atoms with Crippen LogP contribution in [0.25, 0.3) is 0 Å². The Morgan fingerprint density at radius 1 is 1.33 bits per heavy atom. The third-order valence-corrected chi connectivity index (χ3v) is 3.19. The average Bonchev–Trinajstić information content (AvgIpc) is 2.33. The number of nitrogens with one attached hydrogen (secondary N) is 1. The number of carbonyl (C=O) groups excluding carboxylic acids is 2. The predicted octanol–water partition coefficient (Wildman–Crippen LogP) is 0.666. The van der Waals surface area contributed by atoms with Gasteiger partial charge in [-0.3, -0.25) is 9.59 Å². The van der Waals surface area contributed by atoms with E-state index >= 15 is 0 Å². The number of hydrogen-bond donors (Lipinski definition) is 2. The predicted molar refractivity (Wildman–Crippen MR) is 69.0 cm³/mol. The molecule has 1 atom stereocenters. The summed E-state index contributed by atoms with van der Waals surface area (Å²) in [6.45, 7) is 3.46. The third kappa shape index (κ3) is 6.00. The second-order valence-electron chi connectivity index (χ2n) is 4.93. The Labute approximate surface area is 109 Å². The first-order chi connectivity index (χ1) is 8.59. The number of β-amino-alcohol motifs (C(OH)–C–C–N with tert-alkyl or cyclic N) is 1. The molecular formula is C13H24N2O3. The first-order valence-corrected chi connectivity index (χ1v) is 6.80. The summed E-state index contributed by atoms with van der Waals surface area (Å²) in [5.41, 5.74) is 0.